The van der Waals surface area contributed by atoms with Gasteiger partial charge in [0, 0.05) is 31.7 Å². The molecular weight excluding hydrogens is 316 g/mol. The molecule has 0 aromatic carbocycles. The predicted octanol–water partition coefficient (Wildman–Crippen LogP) is 2.49. The highest BCUT2D eigenvalue weighted by Gasteiger charge is 2.48. The number of nitrogens with zero attached hydrogens (tertiary/aromatic N) is 2. The Hall–Kier alpha value is -1.85. The summed E-state index contributed by atoms with van der Waals surface area (Å²) in [6.45, 7) is 1.61. The van der Waals surface area contributed by atoms with E-state index in [1.165, 1.54) is 32.1 Å². The Labute approximate surface area is 148 Å². The van der Waals surface area contributed by atoms with Crippen LogP contribution in [-0.2, 0) is 4.79 Å². The third-order valence-electron chi connectivity index (χ3n) is 6.34. The summed E-state index contributed by atoms with van der Waals surface area (Å²) >= 11 is 0. The average molecular weight is 344 g/mol. The first kappa shape index (κ1) is 16.6. The van der Waals surface area contributed by atoms with Crippen LogP contribution in [0, 0.1) is 11.3 Å². The molecule has 6 heteroatoms. The van der Waals surface area contributed by atoms with Gasteiger partial charge >= 0.3 is 0 Å². The highest BCUT2D eigenvalue weighted by molar-refractivity contribution is 5.92. The number of aromatic amines is 1. The lowest BCUT2D eigenvalue weighted by atomic mass is 9.66. The minimum absolute atomic E-state index is 0.0485. The van der Waals surface area contributed by atoms with Crippen LogP contribution in [0.1, 0.15) is 68.3 Å². The van der Waals surface area contributed by atoms with Crippen molar-refractivity contribution in [1.29, 1.82) is 0 Å². The van der Waals surface area contributed by atoms with Gasteiger partial charge in [0.25, 0.3) is 5.91 Å². The summed E-state index contributed by atoms with van der Waals surface area (Å²) in [7, 11) is 0. The van der Waals surface area contributed by atoms with E-state index in [2.05, 4.69) is 15.5 Å². The summed E-state index contributed by atoms with van der Waals surface area (Å²) in [5, 5.41) is 9.79. The van der Waals surface area contributed by atoms with Crippen molar-refractivity contribution in [3.63, 3.8) is 0 Å². The number of H-pyrrole nitrogens is 1. The topological polar surface area (TPSA) is 78.1 Å². The van der Waals surface area contributed by atoms with Gasteiger partial charge in [-0.2, -0.15) is 5.10 Å². The van der Waals surface area contributed by atoms with Crippen LogP contribution < -0.4 is 5.32 Å². The van der Waals surface area contributed by atoms with E-state index in [1.54, 1.807) is 12.3 Å². The molecule has 25 heavy (non-hydrogen) atoms. The fourth-order valence-corrected chi connectivity index (χ4v) is 4.79. The second-order valence-corrected chi connectivity index (χ2v) is 8.16. The van der Waals surface area contributed by atoms with E-state index < -0.39 is 0 Å². The van der Waals surface area contributed by atoms with Crippen molar-refractivity contribution in [3.05, 3.63) is 18.0 Å². The molecule has 0 radical (unpaired) electrons. The smallest absolute Gasteiger partial charge is 0.271 e. The first-order chi connectivity index (χ1) is 12.2. The maximum absolute atomic E-state index is 12.7. The van der Waals surface area contributed by atoms with Gasteiger partial charge in [-0.25, -0.2) is 0 Å². The first-order valence-corrected chi connectivity index (χ1v) is 9.74. The molecule has 2 N–H and O–H groups in total. The first-order valence-electron chi connectivity index (χ1n) is 9.74. The van der Waals surface area contributed by atoms with Crippen LogP contribution in [0.5, 0.6) is 0 Å². The van der Waals surface area contributed by atoms with Crippen molar-refractivity contribution in [2.45, 2.75) is 63.8 Å². The monoisotopic (exact) mass is 344 g/mol. The summed E-state index contributed by atoms with van der Waals surface area (Å²) in [5.41, 5.74) is 0.784. The van der Waals surface area contributed by atoms with Gasteiger partial charge in [-0.3, -0.25) is 14.7 Å². The van der Waals surface area contributed by atoms with Gasteiger partial charge in [-0.05, 0) is 49.5 Å². The van der Waals surface area contributed by atoms with E-state index in [0.29, 0.717) is 24.1 Å². The van der Waals surface area contributed by atoms with Gasteiger partial charge < -0.3 is 10.2 Å². The number of amides is 2. The molecule has 3 aliphatic rings. The lowest BCUT2D eigenvalue weighted by Gasteiger charge is -2.38. The summed E-state index contributed by atoms with van der Waals surface area (Å²) in [5.74, 6) is 0.670. The summed E-state index contributed by atoms with van der Waals surface area (Å²) in [4.78, 5) is 26.9. The zero-order chi connectivity index (χ0) is 17.3. The molecule has 6 nitrogen and oxygen atoms in total. The van der Waals surface area contributed by atoms with Gasteiger partial charge in [-0.15, -0.1) is 0 Å². The standard InChI is InChI=1S/C19H28N4O2/c24-17(21-15-5-6-15)7-4-14-12-23(18(25)16-8-11-20-22-16)13-19(14)9-2-1-3-10-19/h8,11,14-15H,1-7,9-10,12-13H2,(H,20,22)(H,21,24). The van der Waals surface area contributed by atoms with E-state index in [4.69, 9.17) is 0 Å². The van der Waals surface area contributed by atoms with Gasteiger partial charge in [-0.1, -0.05) is 19.3 Å². The molecule has 1 spiro atoms. The van der Waals surface area contributed by atoms with Crippen LogP contribution in [0.4, 0.5) is 0 Å². The second kappa shape index (κ2) is 6.81. The molecule has 2 heterocycles. The minimum atomic E-state index is 0.0485. The molecule has 4 rings (SSSR count). The number of aromatic nitrogens is 2. The normalized spacial score (nSPS) is 25.3. The minimum Gasteiger partial charge on any atom is -0.353 e. The Morgan fingerprint density at radius 3 is 2.76 bits per heavy atom. The third kappa shape index (κ3) is 3.58. The maximum Gasteiger partial charge on any atom is 0.271 e. The molecular formula is C19H28N4O2. The van der Waals surface area contributed by atoms with E-state index in [0.717, 1.165) is 32.4 Å². The van der Waals surface area contributed by atoms with E-state index in [9.17, 15) is 9.59 Å². The molecule has 2 aliphatic carbocycles. The Morgan fingerprint density at radius 2 is 2.08 bits per heavy atom. The van der Waals surface area contributed by atoms with Crippen LogP contribution >= 0.6 is 0 Å². The molecule has 1 atom stereocenters. The van der Waals surface area contributed by atoms with Crippen molar-refractivity contribution in [3.8, 4) is 0 Å². The van der Waals surface area contributed by atoms with Crippen LogP contribution in [0.25, 0.3) is 0 Å². The quantitative estimate of drug-likeness (QED) is 0.861. The highest BCUT2D eigenvalue weighted by Crippen LogP contribution is 2.49. The number of rotatable bonds is 5. The molecule has 2 saturated carbocycles. The number of carbonyl (C=O) groups excluding carboxylic acids is 2. The summed E-state index contributed by atoms with van der Waals surface area (Å²) in [6, 6.07) is 2.17. The van der Waals surface area contributed by atoms with Crippen molar-refractivity contribution < 1.29 is 9.59 Å². The maximum atomic E-state index is 12.7. The SMILES string of the molecule is O=C(CCC1CN(C(=O)c2ccn[nH]2)CC12CCCCC2)NC1CC1. The van der Waals surface area contributed by atoms with Gasteiger partial charge in [0.05, 0.1) is 0 Å². The molecule has 1 aromatic rings. The van der Waals surface area contributed by atoms with Crippen LogP contribution in [0.2, 0.25) is 0 Å². The molecule has 1 unspecified atom stereocenters. The lowest BCUT2D eigenvalue weighted by Crippen LogP contribution is -2.35. The fraction of sp³-hybridized carbons (Fsp3) is 0.737. The van der Waals surface area contributed by atoms with Gasteiger partial charge in [0.1, 0.15) is 5.69 Å². The zero-order valence-electron chi connectivity index (χ0n) is 14.8. The van der Waals surface area contributed by atoms with E-state index in [-0.39, 0.29) is 17.2 Å². The second-order valence-electron chi connectivity index (χ2n) is 8.16. The molecule has 1 aliphatic heterocycles. The molecule has 3 fully saturated rings. The Bertz CT molecular complexity index is 617. The fourth-order valence-electron chi connectivity index (χ4n) is 4.79. The Morgan fingerprint density at radius 1 is 1.28 bits per heavy atom. The zero-order valence-corrected chi connectivity index (χ0v) is 14.8. The predicted molar refractivity (Wildman–Crippen MR) is 93.9 cm³/mol. The lowest BCUT2D eigenvalue weighted by molar-refractivity contribution is -0.121. The van der Waals surface area contributed by atoms with Crippen molar-refractivity contribution >= 4 is 11.8 Å². The largest absolute Gasteiger partial charge is 0.353 e. The summed E-state index contributed by atoms with van der Waals surface area (Å²) in [6.07, 6.45) is 11.5. The Kier molecular flexibility index (Phi) is 4.52. The molecule has 136 valence electrons. The number of carbonyl (C=O) groups is 2. The molecule has 1 saturated heterocycles. The summed E-state index contributed by atoms with van der Waals surface area (Å²) < 4.78 is 0. The van der Waals surface area contributed by atoms with Crippen molar-refractivity contribution in [2.24, 2.45) is 11.3 Å². The number of hydrogen-bond acceptors (Lipinski definition) is 3. The van der Waals surface area contributed by atoms with Crippen LogP contribution in [-0.4, -0.2) is 46.0 Å². The number of hydrogen-bond donors (Lipinski definition) is 2. The van der Waals surface area contributed by atoms with Crippen LogP contribution in [0.3, 0.4) is 0 Å². The van der Waals surface area contributed by atoms with Gasteiger partial charge in [0.15, 0.2) is 0 Å². The molecule has 1 aromatic heterocycles. The van der Waals surface area contributed by atoms with E-state index in [1.807, 2.05) is 4.90 Å². The molecule has 0 bridgehead atoms. The van der Waals surface area contributed by atoms with Crippen LogP contribution in [0.15, 0.2) is 12.3 Å². The van der Waals surface area contributed by atoms with Crippen molar-refractivity contribution in [1.82, 2.24) is 20.4 Å². The third-order valence-corrected chi connectivity index (χ3v) is 6.34. The van der Waals surface area contributed by atoms with E-state index >= 15 is 0 Å². The highest BCUT2D eigenvalue weighted by atomic mass is 16.2. The number of nitrogens with one attached hydrogen (secondary N) is 2. The van der Waals surface area contributed by atoms with Crippen molar-refractivity contribution in [2.75, 3.05) is 13.1 Å². The van der Waals surface area contributed by atoms with Gasteiger partial charge in [0.2, 0.25) is 5.91 Å². The number of likely N-dealkylation sites (tertiary alicyclic amines) is 1. The average Bonchev–Trinajstić information content (AvgIpc) is 3.13. The Balaban J connectivity index is 1.43. The molecule has 2 amide bonds.